The quantitative estimate of drug-likeness (QED) is 0.918. The molecule has 2 unspecified atom stereocenters. The molecule has 1 aromatic rings. The standard InChI is InChI=1S/C14H18N2O2S/c1-11-2-5-13(10-11)16-19(17,18)14-6-3-12(4-7-14)8-9-15/h3-4,6-7,11,13,16H,2,5,8,10H2,1H3. The summed E-state index contributed by atoms with van der Waals surface area (Å²) in [4.78, 5) is 0.272. The van der Waals surface area contributed by atoms with Crippen LogP contribution in [-0.2, 0) is 16.4 Å². The van der Waals surface area contributed by atoms with Gasteiger partial charge in [0.15, 0.2) is 0 Å². The number of sulfonamides is 1. The predicted octanol–water partition coefficient (Wildman–Crippen LogP) is 2.22. The molecule has 0 amide bonds. The van der Waals surface area contributed by atoms with Crippen LogP contribution in [0.25, 0.3) is 0 Å². The Kier molecular flexibility index (Phi) is 4.23. The van der Waals surface area contributed by atoms with Crippen LogP contribution in [0, 0.1) is 17.2 Å². The highest BCUT2D eigenvalue weighted by molar-refractivity contribution is 7.89. The zero-order chi connectivity index (χ0) is 13.9. The van der Waals surface area contributed by atoms with Gasteiger partial charge in [-0.15, -0.1) is 0 Å². The first-order valence-electron chi connectivity index (χ1n) is 6.49. The maximum absolute atomic E-state index is 12.2. The van der Waals surface area contributed by atoms with Crippen molar-refractivity contribution < 1.29 is 8.42 Å². The molecule has 1 N–H and O–H groups in total. The van der Waals surface area contributed by atoms with Gasteiger partial charge in [-0.05, 0) is 42.9 Å². The second-order valence-electron chi connectivity index (χ2n) is 5.22. The second kappa shape index (κ2) is 5.72. The minimum atomic E-state index is -3.43. The molecule has 1 aliphatic carbocycles. The molecule has 0 radical (unpaired) electrons. The van der Waals surface area contributed by atoms with Crippen LogP contribution in [0.1, 0.15) is 31.7 Å². The zero-order valence-corrected chi connectivity index (χ0v) is 11.8. The van der Waals surface area contributed by atoms with Crippen molar-refractivity contribution in [1.82, 2.24) is 4.72 Å². The van der Waals surface area contributed by atoms with Crippen molar-refractivity contribution in [3.8, 4) is 6.07 Å². The Labute approximate surface area is 114 Å². The van der Waals surface area contributed by atoms with Gasteiger partial charge in [-0.2, -0.15) is 5.26 Å². The average molecular weight is 278 g/mol. The van der Waals surface area contributed by atoms with Crippen LogP contribution in [0.2, 0.25) is 0 Å². The van der Waals surface area contributed by atoms with Gasteiger partial charge < -0.3 is 0 Å². The van der Waals surface area contributed by atoms with E-state index in [1.54, 1.807) is 24.3 Å². The van der Waals surface area contributed by atoms with Crippen LogP contribution in [-0.4, -0.2) is 14.5 Å². The number of nitrogens with zero attached hydrogens (tertiary/aromatic N) is 1. The Bertz CT molecular complexity index is 572. The van der Waals surface area contributed by atoms with Crippen LogP contribution in [0.15, 0.2) is 29.2 Å². The lowest BCUT2D eigenvalue weighted by Crippen LogP contribution is -2.32. The molecule has 5 heteroatoms. The third-order valence-corrected chi connectivity index (χ3v) is 5.07. The molecular weight excluding hydrogens is 260 g/mol. The monoisotopic (exact) mass is 278 g/mol. The van der Waals surface area contributed by atoms with Crippen LogP contribution in [0.3, 0.4) is 0 Å². The van der Waals surface area contributed by atoms with E-state index in [0.29, 0.717) is 12.3 Å². The van der Waals surface area contributed by atoms with Crippen molar-refractivity contribution in [2.45, 2.75) is 43.5 Å². The molecule has 0 heterocycles. The van der Waals surface area contributed by atoms with Crippen LogP contribution < -0.4 is 4.72 Å². The molecule has 0 spiro atoms. The van der Waals surface area contributed by atoms with Crippen LogP contribution >= 0.6 is 0 Å². The molecule has 0 aromatic heterocycles. The minimum Gasteiger partial charge on any atom is -0.208 e. The third-order valence-electron chi connectivity index (χ3n) is 3.53. The first-order valence-corrected chi connectivity index (χ1v) is 7.98. The van der Waals surface area contributed by atoms with Gasteiger partial charge in [0, 0.05) is 6.04 Å². The van der Waals surface area contributed by atoms with Crippen molar-refractivity contribution in [3.05, 3.63) is 29.8 Å². The summed E-state index contributed by atoms with van der Waals surface area (Å²) >= 11 is 0. The number of nitriles is 1. The number of hydrogen-bond donors (Lipinski definition) is 1. The lowest BCUT2D eigenvalue weighted by Gasteiger charge is -2.13. The summed E-state index contributed by atoms with van der Waals surface area (Å²) in [6.45, 7) is 2.14. The van der Waals surface area contributed by atoms with Gasteiger partial charge in [0.05, 0.1) is 17.4 Å². The molecule has 0 aliphatic heterocycles. The molecule has 1 aromatic carbocycles. The average Bonchev–Trinajstić information content (AvgIpc) is 2.75. The highest BCUT2D eigenvalue weighted by atomic mass is 32.2. The van der Waals surface area contributed by atoms with E-state index in [0.717, 1.165) is 24.8 Å². The molecule has 2 atom stereocenters. The van der Waals surface area contributed by atoms with Crippen molar-refractivity contribution in [2.24, 2.45) is 5.92 Å². The molecule has 102 valence electrons. The Morgan fingerprint density at radius 3 is 2.53 bits per heavy atom. The predicted molar refractivity (Wildman–Crippen MR) is 72.9 cm³/mol. The molecule has 0 saturated heterocycles. The minimum absolute atomic E-state index is 0.0544. The lowest BCUT2D eigenvalue weighted by molar-refractivity contribution is 0.538. The topological polar surface area (TPSA) is 70.0 Å². The van der Waals surface area contributed by atoms with Gasteiger partial charge in [-0.25, -0.2) is 13.1 Å². The zero-order valence-electron chi connectivity index (χ0n) is 11.0. The highest BCUT2D eigenvalue weighted by Gasteiger charge is 2.26. The van der Waals surface area contributed by atoms with E-state index >= 15 is 0 Å². The first-order chi connectivity index (χ1) is 9.01. The fourth-order valence-corrected chi connectivity index (χ4v) is 3.76. The first kappa shape index (κ1) is 14.0. The highest BCUT2D eigenvalue weighted by Crippen LogP contribution is 2.26. The number of rotatable bonds is 4. The molecule has 1 aliphatic rings. The van der Waals surface area contributed by atoms with Crippen molar-refractivity contribution in [3.63, 3.8) is 0 Å². The molecule has 4 nitrogen and oxygen atoms in total. The number of benzene rings is 1. The van der Waals surface area contributed by atoms with Gasteiger partial charge in [-0.3, -0.25) is 0 Å². The summed E-state index contributed by atoms with van der Waals surface area (Å²) in [7, 11) is -3.43. The van der Waals surface area contributed by atoms with Gasteiger partial charge in [0.1, 0.15) is 0 Å². The third kappa shape index (κ3) is 3.55. The smallest absolute Gasteiger partial charge is 0.208 e. The SMILES string of the molecule is CC1CCC(NS(=O)(=O)c2ccc(CC#N)cc2)C1. The summed E-state index contributed by atoms with van der Waals surface area (Å²) in [5.41, 5.74) is 0.830. The second-order valence-corrected chi connectivity index (χ2v) is 6.93. The van der Waals surface area contributed by atoms with Crippen LogP contribution in [0.4, 0.5) is 0 Å². The molecule has 0 bridgehead atoms. The van der Waals surface area contributed by atoms with E-state index in [1.807, 2.05) is 6.07 Å². The van der Waals surface area contributed by atoms with E-state index < -0.39 is 10.0 Å². The fraction of sp³-hybridized carbons (Fsp3) is 0.500. The van der Waals surface area contributed by atoms with Gasteiger partial charge >= 0.3 is 0 Å². The van der Waals surface area contributed by atoms with E-state index in [-0.39, 0.29) is 10.9 Å². The van der Waals surface area contributed by atoms with Gasteiger partial charge in [0.2, 0.25) is 10.0 Å². The maximum atomic E-state index is 12.2. The van der Waals surface area contributed by atoms with Gasteiger partial charge in [-0.1, -0.05) is 19.1 Å². The summed E-state index contributed by atoms with van der Waals surface area (Å²) < 4.78 is 27.1. The normalized spacial score (nSPS) is 23.2. The summed E-state index contributed by atoms with van der Waals surface area (Å²) in [6.07, 6.45) is 3.20. The summed E-state index contributed by atoms with van der Waals surface area (Å²) in [5.74, 6) is 0.589. The fourth-order valence-electron chi connectivity index (χ4n) is 2.48. The van der Waals surface area contributed by atoms with Crippen molar-refractivity contribution >= 4 is 10.0 Å². The van der Waals surface area contributed by atoms with Gasteiger partial charge in [0.25, 0.3) is 0 Å². The summed E-state index contributed by atoms with van der Waals surface area (Å²) in [6, 6.07) is 8.60. The summed E-state index contributed by atoms with van der Waals surface area (Å²) in [5, 5.41) is 8.58. The Hall–Kier alpha value is -1.38. The van der Waals surface area contributed by atoms with E-state index in [9.17, 15) is 8.42 Å². The largest absolute Gasteiger partial charge is 0.240 e. The molecule has 19 heavy (non-hydrogen) atoms. The van der Waals surface area contributed by atoms with E-state index in [2.05, 4.69) is 11.6 Å². The Morgan fingerprint density at radius 1 is 1.32 bits per heavy atom. The maximum Gasteiger partial charge on any atom is 0.240 e. The Balaban J connectivity index is 2.09. The number of nitrogens with one attached hydrogen (secondary N) is 1. The van der Waals surface area contributed by atoms with E-state index in [1.165, 1.54) is 0 Å². The lowest BCUT2D eigenvalue weighted by atomic mass is 10.1. The molecular formula is C14H18N2O2S. The molecule has 1 fully saturated rings. The molecule has 1 saturated carbocycles. The van der Waals surface area contributed by atoms with Crippen molar-refractivity contribution in [1.29, 1.82) is 5.26 Å². The van der Waals surface area contributed by atoms with Crippen molar-refractivity contribution in [2.75, 3.05) is 0 Å². The van der Waals surface area contributed by atoms with E-state index in [4.69, 9.17) is 5.26 Å². The Morgan fingerprint density at radius 2 is 2.00 bits per heavy atom. The van der Waals surface area contributed by atoms with Crippen LogP contribution in [0.5, 0.6) is 0 Å². The number of hydrogen-bond acceptors (Lipinski definition) is 3. The molecule has 2 rings (SSSR count).